The summed E-state index contributed by atoms with van der Waals surface area (Å²) in [4.78, 5) is 23.3. The first-order valence-electron chi connectivity index (χ1n) is 10.4. The summed E-state index contributed by atoms with van der Waals surface area (Å²) >= 11 is 0. The molecule has 0 saturated carbocycles. The maximum absolute atomic E-state index is 11.8. The van der Waals surface area contributed by atoms with Gasteiger partial charge in [0.25, 0.3) is 0 Å². The second-order valence-electron chi connectivity index (χ2n) is 8.41. The van der Waals surface area contributed by atoms with Crippen LogP contribution in [0.5, 0.6) is 0 Å². The molecule has 4 atom stereocenters. The maximum atomic E-state index is 11.8. The minimum absolute atomic E-state index is 0.226. The highest BCUT2D eigenvalue weighted by atomic mass is 16.5. The van der Waals surface area contributed by atoms with Gasteiger partial charge in [0.15, 0.2) is 0 Å². The van der Waals surface area contributed by atoms with Crippen molar-refractivity contribution in [2.75, 3.05) is 0 Å². The maximum Gasteiger partial charge on any atom is 0.303 e. The van der Waals surface area contributed by atoms with Gasteiger partial charge in [0, 0.05) is 26.2 Å². The zero-order chi connectivity index (χ0) is 21.3. The van der Waals surface area contributed by atoms with E-state index >= 15 is 0 Å². The predicted molar refractivity (Wildman–Crippen MR) is 114 cm³/mol. The van der Waals surface area contributed by atoms with E-state index in [9.17, 15) is 9.59 Å². The van der Waals surface area contributed by atoms with E-state index in [1.807, 2.05) is 13.0 Å². The molecule has 0 aliphatic heterocycles. The lowest BCUT2D eigenvalue weighted by atomic mass is 9.80. The molecule has 1 rings (SSSR count). The molecule has 0 fully saturated rings. The molecular weight excluding hydrogens is 352 g/mol. The van der Waals surface area contributed by atoms with Crippen LogP contribution < -0.4 is 0 Å². The van der Waals surface area contributed by atoms with Gasteiger partial charge in [-0.05, 0) is 70.9 Å². The SMILES string of the molecule is CC(=O)O[C@H]1C/C=C(/C)CC[C@@H]([C@H](C)CCC=C(C)C)[C@@H](OC(C)=O)/C=C/1C. The van der Waals surface area contributed by atoms with E-state index < -0.39 is 0 Å². The topological polar surface area (TPSA) is 52.6 Å². The van der Waals surface area contributed by atoms with Crippen molar-refractivity contribution in [1.82, 2.24) is 0 Å². The summed E-state index contributed by atoms with van der Waals surface area (Å²) in [6, 6.07) is 0. The molecule has 0 aromatic rings. The minimum atomic E-state index is -0.315. The lowest BCUT2D eigenvalue weighted by Crippen LogP contribution is -2.31. The Morgan fingerprint density at radius 2 is 1.79 bits per heavy atom. The van der Waals surface area contributed by atoms with Crippen LogP contribution in [0.3, 0.4) is 0 Å². The fourth-order valence-electron chi connectivity index (χ4n) is 3.76. The van der Waals surface area contributed by atoms with Crippen LogP contribution in [0.15, 0.2) is 34.9 Å². The summed E-state index contributed by atoms with van der Waals surface area (Å²) in [6.45, 7) is 13.5. The highest BCUT2D eigenvalue weighted by Gasteiger charge is 2.29. The van der Waals surface area contributed by atoms with E-state index in [4.69, 9.17) is 9.47 Å². The molecule has 4 heteroatoms. The molecule has 1 aliphatic rings. The van der Waals surface area contributed by atoms with E-state index in [0.717, 1.165) is 31.3 Å². The predicted octanol–water partition coefficient (Wildman–Crippen LogP) is 5.93. The Morgan fingerprint density at radius 3 is 2.36 bits per heavy atom. The standard InChI is InChI=1S/C24H38O4/c1-16(2)9-8-10-18(4)22-13-11-17(3)12-14-23(27-20(6)25)19(5)15-24(22)28-21(7)26/h9,12,15,18,22-24H,8,10-11,13-14H2,1-7H3/b17-12-,19-15+/t18-,22+,23+,24+/m1/s1. The molecule has 1 aliphatic carbocycles. The van der Waals surface area contributed by atoms with Crippen molar-refractivity contribution in [3.8, 4) is 0 Å². The van der Waals surface area contributed by atoms with Gasteiger partial charge in [0.2, 0.25) is 0 Å². The molecule has 0 N–H and O–H groups in total. The van der Waals surface area contributed by atoms with E-state index in [0.29, 0.717) is 12.3 Å². The first kappa shape index (κ1) is 24.2. The fourth-order valence-corrected chi connectivity index (χ4v) is 3.76. The number of rotatable bonds is 6. The van der Waals surface area contributed by atoms with Crippen LogP contribution in [0.2, 0.25) is 0 Å². The van der Waals surface area contributed by atoms with Gasteiger partial charge in [0.1, 0.15) is 12.2 Å². The third-order valence-electron chi connectivity index (χ3n) is 5.43. The van der Waals surface area contributed by atoms with Crippen LogP contribution in [0.25, 0.3) is 0 Å². The summed E-state index contributed by atoms with van der Waals surface area (Å²) in [7, 11) is 0. The summed E-state index contributed by atoms with van der Waals surface area (Å²) in [5.41, 5.74) is 3.55. The summed E-state index contributed by atoms with van der Waals surface area (Å²) in [6.07, 6.45) is 10.5. The van der Waals surface area contributed by atoms with Gasteiger partial charge < -0.3 is 9.47 Å². The van der Waals surface area contributed by atoms with Crippen LogP contribution in [-0.2, 0) is 19.1 Å². The Balaban J connectivity index is 3.18. The number of carbonyl (C=O) groups excluding carboxylic acids is 2. The first-order valence-corrected chi connectivity index (χ1v) is 10.4. The molecule has 0 bridgehead atoms. The molecule has 0 aromatic carbocycles. The van der Waals surface area contributed by atoms with Crippen LogP contribution in [-0.4, -0.2) is 24.1 Å². The van der Waals surface area contributed by atoms with Crippen LogP contribution in [0.1, 0.15) is 80.6 Å². The second-order valence-corrected chi connectivity index (χ2v) is 8.41. The van der Waals surface area contributed by atoms with Crippen molar-refractivity contribution in [3.63, 3.8) is 0 Å². The zero-order valence-corrected chi connectivity index (χ0v) is 18.7. The van der Waals surface area contributed by atoms with E-state index in [1.165, 1.54) is 25.0 Å². The molecule has 0 amide bonds. The smallest absolute Gasteiger partial charge is 0.303 e. The molecule has 0 aromatic heterocycles. The highest BCUT2D eigenvalue weighted by Crippen LogP contribution is 2.32. The second kappa shape index (κ2) is 11.9. The van der Waals surface area contributed by atoms with Crippen LogP contribution in [0.4, 0.5) is 0 Å². The fraction of sp³-hybridized carbons (Fsp3) is 0.667. The molecule has 4 nitrogen and oxygen atoms in total. The van der Waals surface area contributed by atoms with Gasteiger partial charge in [-0.25, -0.2) is 0 Å². The number of carbonyl (C=O) groups is 2. The van der Waals surface area contributed by atoms with Gasteiger partial charge in [-0.3, -0.25) is 9.59 Å². The van der Waals surface area contributed by atoms with Gasteiger partial charge in [0.05, 0.1) is 0 Å². The first-order chi connectivity index (χ1) is 13.1. The number of allylic oxidation sites excluding steroid dienone is 3. The van der Waals surface area contributed by atoms with Crippen molar-refractivity contribution in [1.29, 1.82) is 0 Å². The number of ether oxygens (including phenoxy) is 2. The van der Waals surface area contributed by atoms with Crippen molar-refractivity contribution in [2.24, 2.45) is 11.8 Å². The summed E-state index contributed by atoms with van der Waals surface area (Å²) in [5, 5.41) is 0. The van der Waals surface area contributed by atoms with Gasteiger partial charge in [-0.15, -0.1) is 0 Å². The van der Waals surface area contributed by atoms with Crippen molar-refractivity contribution in [3.05, 3.63) is 34.9 Å². The van der Waals surface area contributed by atoms with Crippen LogP contribution >= 0.6 is 0 Å². The number of esters is 2. The minimum Gasteiger partial charge on any atom is -0.458 e. The van der Waals surface area contributed by atoms with E-state index in [2.05, 4.69) is 39.8 Å². The number of hydrogen-bond acceptors (Lipinski definition) is 4. The van der Waals surface area contributed by atoms with E-state index in [1.54, 1.807) is 0 Å². The summed E-state index contributed by atoms with van der Waals surface area (Å²) in [5.74, 6) is 0.0627. The van der Waals surface area contributed by atoms with Gasteiger partial charge in [-0.1, -0.05) is 30.2 Å². The normalized spacial score (nSPS) is 28.0. The van der Waals surface area contributed by atoms with E-state index in [-0.39, 0.29) is 30.1 Å². The largest absolute Gasteiger partial charge is 0.458 e. The average Bonchev–Trinajstić information content (AvgIpc) is 2.56. The average molecular weight is 391 g/mol. The van der Waals surface area contributed by atoms with Crippen molar-refractivity contribution >= 4 is 11.9 Å². The molecular formula is C24H38O4. The Labute approximate surface area is 171 Å². The molecule has 28 heavy (non-hydrogen) atoms. The quantitative estimate of drug-likeness (QED) is 0.417. The van der Waals surface area contributed by atoms with Crippen LogP contribution in [0, 0.1) is 11.8 Å². The van der Waals surface area contributed by atoms with Crippen molar-refractivity contribution < 1.29 is 19.1 Å². The number of hydrogen-bond donors (Lipinski definition) is 0. The Kier molecular flexibility index (Phi) is 10.3. The molecule has 0 heterocycles. The Hall–Kier alpha value is -1.84. The van der Waals surface area contributed by atoms with Gasteiger partial charge >= 0.3 is 11.9 Å². The molecule has 0 radical (unpaired) electrons. The monoisotopic (exact) mass is 390 g/mol. The molecule has 0 spiro atoms. The molecule has 0 saturated heterocycles. The highest BCUT2D eigenvalue weighted by molar-refractivity contribution is 5.67. The molecule has 158 valence electrons. The van der Waals surface area contributed by atoms with Crippen molar-refractivity contribution in [2.45, 2.75) is 92.8 Å². The third-order valence-corrected chi connectivity index (χ3v) is 5.43. The van der Waals surface area contributed by atoms with Gasteiger partial charge in [-0.2, -0.15) is 0 Å². The Morgan fingerprint density at radius 1 is 1.14 bits per heavy atom. The summed E-state index contributed by atoms with van der Waals surface area (Å²) < 4.78 is 11.3. The zero-order valence-electron chi connectivity index (χ0n) is 18.7. The lowest BCUT2D eigenvalue weighted by Gasteiger charge is -2.32. The third kappa shape index (κ3) is 8.90. The Bertz CT molecular complexity index is 623. The molecule has 0 unspecified atom stereocenters. The lowest BCUT2D eigenvalue weighted by molar-refractivity contribution is -0.148.